The van der Waals surface area contributed by atoms with Crippen molar-refractivity contribution in [3.8, 4) is 0 Å². The van der Waals surface area contributed by atoms with E-state index in [9.17, 15) is 4.79 Å². The Morgan fingerprint density at radius 2 is 1.91 bits per heavy atom. The SMILES string of the molecule is O=C(NCC1CCCO1)NN=C1CCN(C2CCCCC2)CC1. The molecule has 130 valence electrons. The van der Waals surface area contributed by atoms with Crippen LogP contribution >= 0.6 is 0 Å². The minimum atomic E-state index is -0.220. The van der Waals surface area contributed by atoms with Crippen LogP contribution in [0.5, 0.6) is 0 Å². The predicted octanol–water partition coefficient (Wildman–Crippen LogP) is 2.25. The first-order valence-corrected chi connectivity index (χ1v) is 9.26. The summed E-state index contributed by atoms with van der Waals surface area (Å²) in [5, 5.41) is 7.13. The summed E-state index contributed by atoms with van der Waals surface area (Å²) in [7, 11) is 0. The van der Waals surface area contributed by atoms with Crippen LogP contribution in [0.4, 0.5) is 4.79 Å². The molecule has 1 atom stereocenters. The van der Waals surface area contributed by atoms with Crippen LogP contribution in [-0.4, -0.2) is 55.0 Å². The van der Waals surface area contributed by atoms with Crippen molar-refractivity contribution in [3.63, 3.8) is 0 Å². The van der Waals surface area contributed by atoms with Gasteiger partial charge in [-0.3, -0.25) is 4.90 Å². The number of amides is 2. The van der Waals surface area contributed by atoms with Crippen LogP contribution in [0.2, 0.25) is 0 Å². The highest BCUT2D eigenvalue weighted by Gasteiger charge is 2.24. The van der Waals surface area contributed by atoms with Gasteiger partial charge in [-0.2, -0.15) is 5.10 Å². The molecule has 1 unspecified atom stereocenters. The van der Waals surface area contributed by atoms with Crippen molar-refractivity contribution in [2.24, 2.45) is 5.10 Å². The van der Waals surface area contributed by atoms with E-state index in [0.717, 1.165) is 57.1 Å². The van der Waals surface area contributed by atoms with Gasteiger partial charge in [-0.05, 0) is 25.7 Å². The van der Waals surface area contributed by atoms with E-state index < -0.39 is 0 Å². The van der Waals surface area contributed by atoms with Gasteiger partial charge < -0.3 is 10.1 Å². The molecule has 0 aromatic heterocycles. The Hall–Kier alpha value is -1.14. The Labute approximate surface area is 139 Å². The van der Waals surface area contributed by atoms with Crippen LogP contribution in [-0.2, 0) is 4.74 Å². The van der Waals surface area contributed by atoms with Gasteiger partial charge in [-0.15, -0.1) is 0 Å². The molecule has 3 rings (SSSR count). The second kappa shape index (κ2) is 8.64. The lowest BCUT2D eigenvalue weighted by Crippen LogP contribution is -2.43. The maximum Gasteiger partial charge on any atom is 0.335 e. The second-order valence-electron chi connectivity index (χ2n) is 6.96. The number of carbonyl (C=O) groups excluding carboxylic acids is 1. The molecule has 2 heterocycles. The lowest BCUT2D eigenvalue weighted by Gasteiger charge is -2.37. The summed E-state index contributed by atoms with van der Waals surface area (Å²) in [6, 6.07) is 0.565. The Morgan fingerprint density at radius 3 is 2.61 bits per heavy atom. The van der Waals surface area contributed by atoms with Crippen molar-refractivity contribution in [1.29, 1.82) is 0 Å². The normalized spacial score (nSPS) is 27.0. The standard InChI is InChI=1S/C17H30N4O2/c22-17(18-13-16-7-4-12-23-16)20-19-14-8-10-21(11-9-14)15-5-2-1-3-6-15/h15-16H,1-13H2,(H2,18,20,22). The summed E-state index contributed by atoms with van der Waals surface area (Å²) < 4.78 is 5.48. The quantitative estimate of drug-likeness (QED) is 0.780. The highest BCUT2D eigenvalue weighted by atomic mass is 16.5. The fourth-order valence-corrected chi connectivity index (χ4v) is 3.89. The Morgan fingerprint density at radius 1 is 1.13 bits per heavy atom. The smallest absolute Gasteiger partial charge is 0.335 e. The molecule has 1 aliphatic carbocycles. The summed E-state index contributed by atoms with van der Waals surface area (Å²) in [6.07, 6.45) is 11.1. The minimum Gasteiger partial charge on any atom is -0.376 e. The predicted molar refractivity (Wildman–Crippen MR) is 90.6 cm³/mol. The first-order chi connectivity index (χ1) is 11.3. The second-order valence-corrected chi connectivity index (χ2v) is 6.96. The molecule has 2 saturated heterocycles. The average molecular weight is 322 g/mol. The fourth-order valence-electron chi connectivity index (χ4n) is 3.89. The van der Waals surface area contributed by atoms with Gasteiger partial charge >= 0.3 is 6.03 Å². The molecule has 23 heavy (non-hydrogen) atoms. The van der Waals surface area contributed by atoms with E-state index in [2.05, 4.69) is 20.7 Å². The van der Waals surface area contributed by atoms with Gasteiger partial charge in [0.2, 0.25) is 0 Å². The van der Waals surface area contributed by atoms with Gasteiger partial charge in [0.05, 0.1) is 6.10 Å². The lowest BCUT2D eigenvalue weighted by atomic mass is 9.92. The summed E-state index contributed by atoms with van der Waals surface area (Å²) in [4.78, 5) is 14.4. The summed E-state index contributed by atoms with van der Waals surface area (Å²) in [5.41, 5.74) is 3.75. The maximum absolute atomic E-state index is 11.8. The molecule has 6 nitrogen and oxygen atoms in total. The van der Waals surface area contributed by atoms with Crippen LogP contribution in [0.15, 0.2) is 5.10 Å². The molecule has 0 spiro atoms. The number of likely N-dealkylation sites (tertiary alicyclic amines) is 1. The molecule has 2 aliphatic heterocycles. The molecule has 0 aromatic rings. The number of ether oxygens (including phenoxy) is 1. The van der Waals surface area contributed by atoms with E-state index in [1.807, 2.05) is 0 Å². The van der Waals surface area contributed by atoms with Crippen LogP contribution in [0, 0.1) is 0 Å². The Bertz CT molecular complexity index is 405. The third-order valence-corrected chi connectivity index (χ3v) is 5.30. The van der Waals surface area contributed by atoms with Crippen molar-refractivity contribution in [1.82, 2.24) is 15.6 Å². The van der Waals surface area contributed by atoms with Gasteiger partial charge in [0.25, 0.3) is 0 Å². The molecule has 3 aliphatic rings. The topological polar surface area (TPSA) is 66.0 Å². The number of hydrazone groups is 1. The highest BCUT2D eigenvalue weighted by molar-refractivity contribution is 5.87. The van der Waals surface area contributed by atoms with Crippen LogP contribution in [0.3, 0.4) is 0 Å². The fraction of sp³-hybridized carbons (Fsp3) is 0.882. The van der Waals surface area contributed by atoms with Gasteiger partial charge in [-0.1, -0.05) is 19.3 Å². The maximum atomic E-state index is 11.8. The molecule has 3 fully saturated rings. The first kappa shape index (κ1) is 16.7. The van der Waals surface area contributed by atoms with E-state index in [4.69, 9.17) is 4.74 Å². The number of nitrogens with zero attached hydrogens (tertiary/aromatic N) is 2. The summed E-state index contributed by atoms with van der Waals surface area (Å²) in [5.74, 6) is 0. The number of urea groups is 1. The zero-order chi connectivity index (χ0) is 15.9. The number of piperidine rings is 1. The lowest BCUT2D eigenvalue weighted by molar-refractivity contribution is 0.111. The number of rotatable bonds is 4. The van der Waals surface area contributed by atoms with Crippen molar-refractivity contribution in [2.45, 2.75) is 69.9 Å². The van der Waals surface area contributed by atoms with Crippen molar-refractivity contribution in [2.75, 3.05) is 26.2 Å². The molecule has 2 amide bonds. The summed E-state index contributed by atoms with van der Waals surface area (Å²) >= 11 is 0. The Balaban J connectivity index is 1.33. The number of hydrogen-bond acceptors (Lipinski definition) is 4. The minimum absolute atomic E-state index is 0.173. The summed E-state index contributed by atoms with van der Waals surface area (Å²) in [6.45, 7) is 3.56. The zero-order valence-corrected chi connectivity index (χ0v) is 14.1. The highest BCUT2D eigenvalue weighted by Crippen LogP contribution is 2.24. The van der Waals surface area contributed by atoms with Crippen LogP contribution in [0.1, 0.15) is 57.8 Å². The molecule has 1 saturated carbocycles. The number of nitrogens with one attached hydrogen (secondary N) is 2. The monoisotopic (exact) mass is 322 g/mol. The van der Waals surface area contributed by atoms with E-state index in [1.165, 1.54) is 32.1 Å². The van der Waals surface area contributed by atoms with Crippen LogP contribution < -0.4 is 10.7 Å². The molecule has 2 N–H and O–H groups in total. The van der Waals surface area contributed by atoms with E-state index in [0.29, 0.717) is 6.54 Å². The van der Waals surface area contributed by atoms with Gasteiger partial charge in [0, 0.05) is 50.8 Å². The van der Waals surface area contributed by atoms with Crippen molar-refractivity contribution >= 4 is 11.7 Å². The molecule has 0 bridgehead atoms. The average Bonchev–Trinajstić information content (AvgIpc) is 3.13. The molecule has 0 radical (unpaired) electrons. The third kappa shape index (κ3) is 5.18. The number of hydrogen-bond donors (Lipinski definition) is 2. The van der Waals surface area contributed by atoms with E-state index >= 15 is 0 Å². The number of carbonyl (C=O) groups is 1. The molecule has 0 aromatic carbocycles. The molecule has 6 heteroatoms. The largest absolute Gasteiger partial charge is 0.376 e. The van der Waals surface area contributed by atoms with Gasteiger partial charge in [0.15, 0.2) is 0 Å². The zero-order valence-electron chi connectivity index (χ0n) is 14.1. The van der Waals surface area contributed by atoms with Gasteiger partial charge in [0.1, 0.15) is 0 Å². The van der Waals surface area contributed by atoms with Gasteiger partial charge in [-0.25, -0.2) is 10.2 Å². The van der Waals surface area contributed by atoms with Crippen LogP contribution in [0.25, 0.3) is 0 Å². The van der Waals surface area contributed by atoms with Crippen molar-refractivity contribution < 1.29 is 9.53 Å². The van der Waals surface area contributed by atoms with Crippen molar-refractivity contribution in [3.05, 3.63) is 0 Å². The third-order valence-electron chi connectivity index (χ3n) is 5.30. The first-order valence-electron chi connectivity index (χ1n) is 9.26. The molecular weight excluding hydrogens is 292 g/mol. The van der Waals surface area contributed by atoms with E-state index in [1.54, 1.807) is 0 Å². The van der Waals surface area contributed by atoms with E-state index in [-0.39, 0.29) is 12.1 Å². The Kier molecular flexibility index (Phi) is 6.28. The molecular formula is C17H30N4O2.